The van der Waals surface area contributed by atoms with Gasteiger partial charge in [-0.25, -0.2) is 0 Å². The number of hydrogen-bond donors (Lipinski definition) is 1. The highest BCUT2D eigenvalue weighted by molar-refractivity contribution is 7.88. The molecule has 0 saturated heterocycles. The Balaban J connectivity index is 2.40. The van der Waals surface area contributed by atoms with Crippen LogP contribution in [0.2, 0.25) is 0 Å². The van der Waals surface area contributed by atoms with Gasteiger partial charge in [-0.15, -0.1) is 5.46 Å². The van der Waals surface area contributed by atoms with Crippen molar-refractivity contribution in [3.63, 3.8) is 0 Å². The molecule has 122 valence electrons. The van der Waals surface area contributed by atoms with Crippen LogP contribution in [0.25, 0.3) is 21.9 Å². The first-order valence-corrected chi connectivity index (χ1v) is 7.88. The minimum absolute atomic E-state index is 0.0862. The van der Waals surface area contributed by atoms with Crippen LogP contribution in [-0.4, -0.2) is 42.6 Å². The second kappa shape index (κ2) is 5.39. The molecular formula is C13H4B3F3O5S. The van der Waals surface area contributed by atoms with Crippen LogP contribution in [0.1, 0.15) is 0 Å². The molecule has 1 N–H and O–H groups in total. The van der Waals surface area contributed by atoms with Crippen LogP contribution in [-0.2, 0) is 10.1 Å². The van der Waals surface area contributed by atoms with E-state index >= 15 is 0 Å². The average molecular weight is 362 g/mol. The standard InChI is InChI=1S/C13H4B3F3O5S/c14-8-9(15)11(20)7-6-4(23-12(7)10(8)16)2-1-3-5(6)24-25(21,22)13(17,18)19/h1-3,20H. The third-order valence-corrected chi connectivity index (χ3v) is 4.44. The number of alkyl halides is 3. The first kappa shape index (κ1) is 17.6. The second-order valence-electron chi connectivity index (χ2n) is 5.01. The van der Waals surface area contributed by atoms with Gasteiger partial charge in [-0.1, -0.05) is 17.0 Å². The van der Waals surface area contributed by atoms with Crippen LogP contribution in [0.15, 0.2) is 22.6 Å². The number of phenolic OH excluding ortho intramolecular Hbond substituents is 1. The fourth-order valence-electron chi connectivity index (χ4n) is 2.30. The summed E-state index contributed by atoms with van der Waals surface area (Å²) in [6.07, 6.45) is 0. The lowest BCUT2D eigenvalue weighted by atomic mass is 9.71. The van der Waals surface area contributed by atoms with Crippen LogP contribution >= 0.6 is 0 Å². The van der Waals surface area contributed by atoms with E-state index in [4.69, 9.17) is 28.0 Å². The first-order valence-electron chi connectivity index (χ1n) is 6.47. The summed E-state index contributed by atoms with van der Waals surface area (Å²) < 4.78 is 69.8. The quantitative estimate of drug-likeness (QED) is 0.392. The maximum atomic E-state index is 12.6. The molecule has 0 aliphatic carbocycles. The Morgan fingerprint density at radius 1 is 1.04 bits per heavy atom. The van der Waals surface area contributed by atoms with Crippen LogP contribution in [0.4, 0.5) is 13.2 Å². The summed E-state index contributed by atoms with van der Waals surface area (Å²) in [5.41, 5.74) is -6.57. The van der Waals surface area contributed by atoms with Gasteiger partial charge in [0.2, 0.25) is 0 Å². The maximum Gasteiger partial charge on any atom is 0.534 e. The molecule has 3 rings (SSSR count). The summed E-state index contributed by atoms with van der Waals surface area (Å²) in [5, 5.41) is 9.72. The van der Waals surface area contributed by atoms with Crippen LogP contribution in [0.5, 0.6) is 11.5 Å². The Morgan fingerprint density at radius 3 is 2.28 bits per heavy atom. The molecule has 2 aromatic carbocycles. The van der Waals surface area contributed by atoms with E-state index in [-0.39, 0.29) is 38.3 Å². The van der Waals surface area contributed by atoms with E-state index in [1.54, 1.807) is 0 Å². The van der Waals surface area contributed by atoms with Gasteiger partial charge >= 0.3 is 15.6 Å². The minimum atomic E-state index is -5.94. The number of phenols is 1. The summed E-state index contributed by atoms with van der Waals surface area (Å²) in [7, 11) is 11.0. The smallest absolute Gasteiger partial charge is 0.508 e. The summed E-state index contributed by atoms with van der Waals surface area (Å²) in [5.74, 6) is -1.34. The number of benzene rings is 2. The Hall–Kier alpha value is -2.23. The lowest BCUT2D eigenvalue weighted by Crippen LogP contribution is -2.39. The van der Waals surface area contributed by atoms with Crippen molar-refractivity contribution < 1.29 is 35.3 Å². The van der Waals surface area contributed by atoms with E-state index in [1.165, 1.54) is 12.1 Å². The highest BCUT2D eigenvalue weighted by atomic mass is 32.2. The molecule has 0 aliphatic heterocycles. The molecule has 0 saturated carbocycles. The van der Waals surface area contributed by atoms with Crippen molar-refractivity contribution in [1.29, 1.82) is 0 Å². The Labute approximate surface area is 143 Å². The zero-order chi connectivity index (χ0) is 18.7. The third-order valence-electron chi connectivity index (χ3n) is 3.48. The average Bonchev–Trinajstić information content (AvgIpc) is 2.90. The lowest BCUT2D eigenvalue weighted by molar-refractivity contribution is -0.0499. The molecule has 3 aromatic rings. The monoisotopic (exact) mass is 362 g/mol. The van der Waals surface area contributed by atoms with Crippen molar-refractivity contribution in [2.24, 2.45) is 0 Å². The molecule has 1 aromatic heterocycles. The molecule has 0 amide bonds. The third kappa shape index (κ3) is 2.55. The molecule has 0 fully saturated rings. The predicted molar refractivity (Wildman–Crippen MR) is 87.2 cm³/mol. The number of furan rings is 1. The fraction of sp³-hybridized carbons (Fsp3) is 0.0769. The highest BCUT2D eigenvalue weighted by Crippen LogP contribution is 2.39. The zero-order valence-electron chi connectivity index (χ0n) is 12.1. The SMILES string of the molecule is [B]c1c([B])c(O)c2c(oc3cccc(OS(=O)(=O)C(F)(F)F)c32)c1[B]. The molecule has 25 heavy (non-hydrogen) atoms. The maximum absolute atomic E-state index is 12.6. The van der Waals surface area contributed by atoms with E-state index in [0.717, 1.165) is 6.07 Å². The molecular weight excluding hydrogens is 358 g/mol. The number of halogens is 3. The van der Waals surface area contributed by atoms with Gasteiger partial charge in [0.25, 0.3) is 0 Å². The molecule has 0 bridgehead atoms. The number of rotatable bonds is 2. The summed E-state index contributed by atoms with van der Waals surface area (Å²) in [6, 6.07) is 3.47. The summed E-state index contributed by atoms with van der Waals surface area (Å²) in [4.78, 5) is 0. The number of fused-ring (bicyclic) bond motifs is 3. The Bertz CT molecular complexity index is 1120. The highest BCUT2D eigenvalue weighted by Gasteiger charge is 2.48. The summed E-state index contributed by atoms with van der Waals surface area (Å²) in [6.45, 7) is 0. The fourth-order valence-corrected chi connectivity index (χ4v) is 2.77. The molecule has 0 aliphatic rings. The second-order valence-corrected chi connectivity index (χ2v) is 6.55. The predicted octanol–water partition coefficient (Wildman–Crippen LogP) is -0.0986. The number of hydrogen-bond acceptors (Lipinski definition) is 5. The van der Waals surface area contributed by atoms with Crippen LogP contribution in [0.3, 0.4) is 0 Å². The van der Waals surface area contributed by atoms with E-state index in [9.17, 15) is 26.7 Å². The Kier molecular flexibility index (Phi) is 3.79. The van der Waals surface area contributed by atoms with E-state index < -0.39 is 27.1 Å². The molecule has 12 heteroatoms. The van der Waals surface area contributed by atoms with Crippen LogP contribution in [0, 0.1) is 0 Å². The molecule has 0 atom stereocenters. The van der Waals surface area contributed by atoms with Crippen molar-refractivity contribution in [2.75, 3.05) is 0 Å². The molecule has 1 heterocycles. The molecule has 5 nitrogen and oxygen atoms in total. The van der Waals surface area contributed by atoms with Gasteiger partial charge < -0.3 is 13.7 Å². The molecule has 0 spiro atoms. The van der Waals surface area contributed by atoms with Gasteiger partial charge in [0.1, 0.15) is 40.5 Å². The largest absolute Gasteiger partial charge is 0.534 e. The van der Waals surface area contributed by atoms with Crippen molar-refractivity contribution in [3.8, 4) is 11.5 Å². The van der Waals surface area contributed by atoms with Gasteiger partial charge in [-0.05, 0) is 12.1 Å². The first-order chi connectivity index (χ1) is 11.5. The lowest BCUT2D eigenvalue weighted by Gasteiger charge is -2.12. The molecule has 0 unspecified atom stereocenters. The van der Waals surface area contributed by atoms with Gasteiger partial charge in [-0.3, -0.25) is 0 Å². The normalized spacial score (nSPS) is 12.8. The van der Waals surface area contributed by atoms with E-state index in [0.29, 0.717) is 0 Å². The number of aromatic hydroxyl groups is 1. The van der Waals surface area contributed by atoms with Gasteiger partial charge in [0.05, 0.1) is 10.8 Å². The minimum Gasteiger partial charge on any atom is -0.508 e. The van der Waals surface area contributed by atoms with E-state index in [2.05, 4.69) is 4.18 Å². The molecule has 6 radical (unpaired) electrons. The summed E-state index contributed by atoms with van der Waals surface area (Å²) >= 11 is 0. The van der Waals surface area contributed by atoms with Crippen LogP contribution < -0.4 is 20.6 Å². The van der Waals surface area contributed by atoms with Crippen molar-refractivity contribution in [2.45, 2.75) is 5.51 Å². The van der Waals surface area contributed by atoms with Gasteiger partial charge in [0.15, 0.2) is 5.75 Å². The van der Waals surface area contributed by atoms with Crippen molar-refractivity contribution in [3.05, 3.63) is 18.2 Å². The van der Waals surface area contributed by atoms with E-state index in [1.807, 2.05) is 0 Å². The Morgan fingerprint density at radius 2 is 1.68 bits per heavy atom. The van der Waals surface area contributed by atoms with Crippen molar-refractivity contribution >= 4 is 72.0 Å². The van der Waals surface area contributed by atoms with Gasteiger partial charge in [-0.2, -0.15) is 21.6 Å². The zero-order valence-corrected chi connectivity index (χ0v) is 12.9. The topological polar surface area (TPSA) is 76.7 Å². The van der Waals surface area contributed by atoms with Crippen molar-refractivity contribution in [1.82, 2.24) is 0 Å². The van der Waals surface area contributed by atoms with Gasteiger partial charge in [0, 0.05) is 0 Å².